The van der Waals surface area contributed by atoms with Crippen LogP contribution in [0.1, 0.15) is 42.9 Å². The van der Waals surface area contributed by atoms with E-state index in [1.165, 1.54) is 0 Å². The minimum absolute atomic E-state index is 0.0223. The maximum absolute atomic E-state index is 12.1. The Morgan fingerprint density at radius 1 is 0.818 bits per heavy atom. The zero-order valence-electron chi connectivity index (χ0n) is 19.3. The molecule has 4 rings (SSSR count). The second-order valence-electron chi connectivity index (χ2n) is 8.31. The number of nitrogens with zero attached hydrogens (tertiary/aromatic N) is 1. The van der Waals surface area contributed by atoms with Gasteiger partial charge in [0.15, 0.2) is 0 Å². The number of benzene rings is 3. The maximum Gasteiger partial charge on any atom is 0.137 e. The van der Waals surface area contributed by atoms with Gasteiger partial charge in [-0.3, -0.25) is 4.90 Å². The van der Waals surface area contributed by atoms with Crippen molar-refractivity contribution >= 4 is 6.29 Å². The first-order valence-corrected chi connectivity index (χ1v) is 11.5. The van der Waals surface area contributed by atoms with E-state index in [0.29, 0.717) is 6.54 Å². The van der Waals surface area contributed by atoms with Crippen molar-refractivity contribution in [3.63, 3.8) is 0 Å². The van der Waals surface area contributed by atoms with Gasteiger partial charge in [0.25, 0.3) is 0 Å². The summed E-state index contributed by atoms with van der Waals surface area (Å²) in [5, 5.41) is 0. The SMILES string of the molecule is COc1cccc(OC)c1C1CCCCC(C=O)N1Cc1ccc(Oc2ccccc2)cc1. The van der Waals surface area contributed by atoms with E-state index < -0.39 is 0 Å². The maximum atomic E-state index is 12.1. The normalized spacial score (nSPS) is 18.8. The lowest BCUT2D eigenvalue weighted by Gasteiger charge is -2.35. The quantitative estimate of drug-likeness (QED) is 0.388. The van der Waals surface area contributed by atoms with E-state index in [2.05, 4.69) is 17.0 Å². The first-order valence-electron chi connectivity index (χ1n) is 11.5. The van der Waals surface area contributed by atoms with Crippen molar-refractivity contribution in [2.45, 2.75) is 44.3 Å². The van der Waals surface area contributed by atoms with Crippen molar-refractivity contribution in [3.05, 3.63) is 83.9 Å². The molecule has 1 aliphatic rings. The van der Waals surface area contributed by atoms with Gasteiger partial charge in [-0.15, -0.1) is 0 Å². The second-order valence-corrected chi connectivity index (χ2v) is 8.31. The summed E-state index contributed by atoms with van der Waals surface area (Å²) < 4.78 is 17.4. The molecule has 0 aromatic heterocycles. The van der Waals surface area contributed by atoms with Crippen molar-refractivity contribution in [2.24, 2.45) is 0 Å². The fourth-order valence-corrected chi connectivity index (χ4v) is 4.64. The molecule has 0 bridgehead atoms. The Labute approximate surface area is 195 Å². The smallest absolute Gasteiger partial charge is 0.137 e. The molecule has 0 amide bonds. The molecule has 0 spiro atoms. The minimum Gasteiger partial charge on any atom is -0.496 e. The van der Waals surface area contributed by atoms with Crippen LogP contribution in [0, 0.1) is 0 Å². The highest BCUT2D eigenvalue weighted by Gasteiger charge is 2.33. The number of aldehydes is 1. The molecule has 2 atom stereocenters. The van der Waals surface area contributed by atoms with Crippen LogP contribution in [0.15, 0.2) is 72.8 Å². The molecule has 5 nitrogen and oxygen atoms in total. The van der Waals surface area contributed by atoms with E-state index in [-0.39, 0.29) is 12.1 Å². The second kappa shape index (κ2) is 11.0. The molecule has 0 N–H and O–H groups in total. The van der Waals surface area contributed by atoms with Gasteiger partial charge in [-0.25, -0.2) is 0 Å². The molecular weight excluding hydrogens is 414 g/mol. The fraction of sp³-hybridized carbons (Fsp3) is 0.321. The molecule has 3 aromatic rings. The van der Waals surface area contributed by atoms with Crippen LogP contribution in [0.3, 0.4) is 0 Å². The van der Waals surface area contributed by atoms with Gasteiger partial charge in [0.1, 0.15) is 29.3 Å². The molecular formula is C28H31NO4. The summed E-state index contributed by atoms with van der Waals surface area (Å²) in [6.45, 7) is 0.654. The molecule has 172 valence electrons. The number of carbonyl (C=O) groups excluding carboxylic acids is 1. The third kappa shape index (κ3) is 5.37. The van der Waals surface area contributed by atoms with Gasteiger partial charge >= 0.3 is 0 Å². The molecule has 0 saturated carbocycles. The Hall–Kier alpha value is -3.31. The van der Waals surface area contributed by atoms with Crippen LogP contribution in [0.4, 0.5) is 0 Å². The molecule has 1 aliphatic heterocycles. The number of ether oxygens (including phenoxy) is 3. The molecule has 2 unspecified atom stereocenters. The number of likely N-dealkylation sites (tertiary alicyclic amines) is 1. The van der Waals surface area contributed by atoms with Gasteiger partial charge in [0.05, 0.1) is 25.8 Å². The van der Waals surface area contributed by atoms with Crippen molar-refractivity contribution in [1.29, 1.82) is 0 Å². The molecule has 1 saturated heterocycles. The molecule has 1 heterocycles. The largest absolute Gasteiger partial charge is 0.496 e. The molecule has 5 heteroatoms. The van der Waals surface area contributed by atoms with Gasteiger partial charge in [0.2, 0.25) is 0 Å². The average molecular weight is 446 g/mol. The third-order valence-corrected chi connectivity index (χ3v) is 6.28. The Morgan fingerprint density at radius 3 is 2.09 bits per heavy atom. The topological polar surface area (TPSA) is 48.0 Å². The zero-order chi connectivity index (χ0) is 23.0. The van der Waals surface area contributed by atoms with Crippen molar-refractivity contribution in [2.75, 3.05) is 14.2 Å². The van der Waals surface area contributed by atoms with E-state index in [9.17, 15) is 4.79 Å². The monoisotopic (exact) mass is 445 g/mol. The number of hydrogen-bond donors (Lipinski definition) is 0. The molecule has 0 aliphatic carbocycles. The highest BCUT2D eigenvalue weighted by Crippen LogP contribution is 2.43. The van der Waals surface area contributed by atoms with E-state index in [0.717, 1.165) is 66.1 Å². The fourth-order valence-electron chi connectivity index (χ4n) is 4.64. The van der Waals surface area contributed by atoms with Gasteiger partial charge in [-0.1, -0.05) is 49.2 Å². The minimum atomic E-state index is -0.160. The summed E-state index contributed by atoms with van der Waals surface area (Å²) in [5.74, 6) is 3.18. The van der Waals surface area contributed by atoms with Crippen LogP contribution >= 0.6 is 0 Å². The number of carbonyl (C=O) groups is 1. The number of hydrogen-bond acceptors (Lipinski definition) is 5. The number of para-hydroxylation sites is 1. The first kappa shape index (κ1) is 22.9. The molecule has 3 aromatic carbocycles. The van der Waals surface area contributed by atoms with Crippen molar-refractivity contribution in [1.82, 2.24) is 4.90 Å². The third-order valence-electron chi connectivity index (χ3n) is 6.28. The van der Waals surface area contributed by atoms with Crippen LogP contribution in [-0.2, 0) is 11.3 Å². The average Bonchev–Trinajstić information content (AvgIpc) is 3.07. The van der Waals surface area contributed by atoms with E-state index in [4.69, 9.17) is 14.2 Å². The predicted octanol–water partition coefficient (Wildman–Crippen LogP) is 6.18. The predicted molar refractivity (Wildman–Crippen MR) is 129 cm³/mol. The Morgan fingerprint density at radius 2 is 1.45 bits per heavy atom. The van der Waals surface area contributed by atoms with Gasteiger partial charge in [-0.2, -0.15) is 0 Å². The summed E-state index contributed by atoms with van der Waals surface area (Å²) in [7, 11) is 3.37. The van der Waals surface area contributed by atoms with E-state index >= 15 is 0 Å². The summed E-state index contributed by atoms with van der Waals surface area (Å²) >= 11 is 0. The van der Waals surface area contributed by atoms with Crippen molar-refractivity contribution < 1.29 is 19.0 Å². The van der Waals surface area contributed by atoms with Crippen LogP contribution in [0.25, 0.3) is 0 Å². The van der Waals surface area contributed by atoms with Crippen LogP contribution in [0.2, 0.25) is 0 Å². The van der Waals surface area contributed by atoms with E-state index in [1.807, 2.05) is 60.7 Å². The summed E-state index contributed by atoms with van der Waals surface area (Å²) in [6, 6.07) is 23.6. The highest BCUT2D eigenvalue weighted by atomic mass is 16.5. The van der Waals surface area contributed by atoms with E-state index in [1.54, 1.807) is 14.2 Å². The Balaban J connectivity index is 1.62. The van der Waals surface area contributed by atoms with Crippen LogP contribution in [0.5, 0.6) is 23.0 Å². The zero-order valence-corrected chi connectivity index (χ0v) is 19.3. The molecule has 0 radical (unpaired) electrons. The molecule has 33 heavy (non-hydrogen) atoms. The highest BCUT2D eigenvalue weighted by molar-refractivity contribution is 5.58. The number of methoxy groups -OCH3 is 2. The summed E-state index contributed by atoms with van der Waals surface area (Å²) in [4.78, 5) is 14.4. The van der Waals surface area contributed by atoms with Crippen LogP contribution < -0.4 is 14.2 Å². The van der Waals surface area contributed by atoms with Gasteiger partial charge < -0.3 is 19.0 Å². The lowest BCUT2D eigenvalue weighted by molar-refractivity contribution is -0.113. The standard InChI is InChI=1S/C28H31NO4/c1-31-26-13-8-14-27(32-2)28(26)25-12-7-6-9-22(20-30)29(25)19-21-15-17-24(18-16-21)33-23-10-4-3-5-11-23/h3-5,8,10-11,13-18,20,22,25H,6-7,9,12,19H2,1-2H3. The summed E-state index contributed by atoms with van der Waals surface area (Å²) in [6.07, 6.45) is 4.96. The lowest BCUT2D eigenvalue weighted by atomic mass is 9.97. The van der Waals surface area contributed by atoms with Gasteiger partial charge in [-0.05, 0) is 54.8 Å². The first-order chi connectivity index (χ1) is 16.2. The Bertz CT molecular complexity index is 1010. The van der Waals surface area contributed by atoms with Crippen LogP contribution in [-0.4, -0.2) is 31.4 Å². The van der Waals surface area contributed by atoms with Gasteiger partial charge in [0, 0.05) is 12.6 Å². The number of rotatable bonds is 8. The molecule has 1 fully saturated rings. The van der Waals surface area contributed by atoms with Crippen molar-refractivity contribution in [3.8, 4) is 23.0 Å². The Kier molecular flexibility index (Phi) is 7.63. The lowest BCUT2D eigenvalue weighted by Crippen LogP contribution is -2.38. The summed E-state index contributed by atoms with van der Waals surface area (Å²) in [5.41, 5.74) is 2.14.